The van der Waals surface area contributed by atoms with Crippen molar-refractivity contribution in [3.05, 3.63) is 48.5 Å². The Morgan fingerprint density at radius 3 is 3.00 bits per heavy atom. The minimum Gasteiger partial charge on any atom is -0.382 e. The fourth-order valence-electron chi connectivity index (χ4n) is 2.14. The smallest absolute Gasteiger partial charge is 0.0949 e. The first kappa shape index (κ1) is 10.4. The molecular weight excluding hydrogens is 210 g/mol. The summed E-state index contributed by atoms with van der Waals surface area (Å²) in [6.07, 6.45) is 9.65. The molecule has 0 atom stereocenters. The molecule has 1 aliphatic rings. The lowest BCUT2D eigenvalue weighted by molar-refractivity contribution is 0.445. The van der Waals surface area contributed by atoms with E-state index in [2.05, 4.69) is 39.1 Å². The molecule has 0 aliphatic heterocycles. The molecule has 17 heavy (non-hydrogen) atoms. The maximum Gasteiger partial charge on any atom is 0.0949 e. The number of aromatic nitrogens is 2. The number of rotatable bonds is 4. The van der Waals surface area contributed by atoms with E-state index in [1.165, 1.54) is 30.5 Å². The van der Waals surface area contributed by atoms with E-state index < -0.39 is 0 Å². The Hall–Kier alpha value is -1.77. The van der Waals surface area contributed by atoms with E-state index in [0.29, 0.717) is 6.04 Å². The topological polar surface area (TPSA) is 29.9 Å². The highest BCUT2D eigenvalue weighted by atomic mass is 15.0. The van der Waals surface area contributed by atoms with Crippen LogP contribution in [0.15, 0.2) is 43.0 Å². The zero-order valence-corrected chi connectivity index (χ0v) is 9.84. The van der Waals surface area contributed by atoms with E-state index in [9.17, 15) is 0 Å². The van der Waals surface area contributed by atoms with Gasteiger partial charge in [0.25, 0.3) is 0 Å². The highest BCUT2D eigenvalue weighted by Gasteiger charge is 2.16. The molecule has 1 heterocycles. The second kappa shape index (κ2) is 4.62. The third-order valence-corrected chi connectivity index (χ3v) is 3.33. The molecule has 1 aromatic heterocycles. The van der Waals surface area contributed by atoms with Gasteiger partial charge >= 0.3 is 0 Å². The monoisotopic (exact) mass is 227 g/mol. The van der Waals surface area contributed by atoms with Gasteiger partial charge in [-0.25, -0.2) is 4.98 Å². The molecule has 3 nitrogen and oxygen atoms in total. The van der Waals surface area contributed by atoms with Crippen LogP contribution < -0.4 is 5.32 Å². The van der Waals surface area contributed by atoms with Crippen molar-refractivity contribution in [2.75, 3.05) is 5.32 Å². The van der Waals surface area contributed by atoms with E-state index in [0.717, 1.165) is 6.54 Å². The number of benzene rings is 1. The largest absolute Gasteiger partial charge is 0.382 e. The summed E-state index contributed by atoms with van der Waals surface area (Å²) in [5.41, 5.74) is 2.56. The Morgan fingerprint density at radius 2 is 2.29 bits per heavy atom. The van der Waals surface area contributed by atoms with Crippen LogP contribution >= 0.6 is 0 Å². The molecule has 3 rings (SSSR count). The normalized spacial score (nSPS) is 15.5. The van der Waals surface area contributed by atoms with Gasteiger partial charge < -0.3 is 9.88 Å². The molecule has 1 N–H and O–H groups in total. The SMILES string of the molecule is c1cc(Cn2ccnc2)cc(NC2CCC2)c1. The van der Waals surface area contributed by atoms with Crippen molar-refractivity contribution in [3.8, 4) is 0 Å². The predicted octanol–water partition coefficient (Wildman–Crippen LogP) is 2.90. The van der Waals surface area contributed by atoms with E-state index >= 15 is 0 Å². The minimum atomic E-state index is 0.693. The van der Waals surface area contributed by atoms with Gasteiger partial charge in [0.1, 0.15) is 0 Å². The van der Waals surface area contributed by atoms with E-state index in [-0.39, 0.29) is 0 Å². The number of nitrogens with zero attached hydrogens (tertiary/aromatic N) is 2. The van der Waals surface area contributed by atoms with Gasteiger partial charge in [-0.05, 0) is 37.0 Å². The van der Waals surface area contributed by atoms with Crippen LogP contribution in [0.1, 0.15) is 24.8 Å². The molecule has 0 unspecified atom stereocenters. The first-order valence-corrected chi connectivity index (χ1v) is 6.21. The molecule has 1 fully saturated rings. The summed E-state index contributed by atoms with van der Waals surface area (Å²) < 4.78 is 2.09. The van der Waals surface area contributed by atoms with Crippen molar-refractivity contribution in [1.82, 2.24) is 9.55 Å². The maximum atomic E-state index is 4.06. The quantitative estimate of drug-likeness (QED) is 0.870. The van der Waals surface area contributed by atoms with E-state index in [1.54, 1.807) is 0 Å². The number of anilines is 1. The average molecular weight is 227 g/mol. The Bertz CT molecular complexity index is 472. The van der Waals surface area contributed by atoms with Crippen LogP contribution in [0, 0.1) is 0 Å². The van der Waals surface area contributed by atoms with E-state index in [4.69, 9.17) is 0 Å². The van der Waals surface area contributed by atoms with Crippen molar-refractivity contribution in [3.63, 3.8) is 0 Å². The molecule has 1 aliphatic carbocycles. The molecule has 0 saturated heterocycles. The number of hydrogen-bond acceptors (Lipinski definition) is 2. The van der Waals surface area contributed by atoms with Crippen LogP contribution in [-0.4, -0.2) is 15.6 Å². The lowest BCUT2D eigenvalue weighted by Crippen LogP contribution is -2.26. The van der Waals surface area contributed by atoms with Gasteiger partial charge in [-0.2, -0.15) is 0 Å². The third-order valence-electron chi connectivity index (χ3n) is 3.33. The van der Waals surface area contributed by atoms with Gasteiger partial charge in [0.2, 0.25) is 0 Å². The highest BCUT2D eigenvalue weighted by Crippen LogP contribution is 2.23. The molecule has 0 amide bonds. The fourth-order valence-corrected chi connectivity index (χ4v) is 2.14. The Kier molecular flexibility index (Phi) is 2.82. The Balaban J connectivity index is 1.69. The van der Waals surface area contributed by atoms with Crippen LogP contribution in [0.4, 0.5) is 5.69 Å². The second-order valence-electron chi connectivity index (χ2n) is 4.71. The van der Waals surface area contributed by atoms with Crippen LogP contribution in [0.3, 0.4) is 0 Å². The zero-order chi connectivity index (χ0) is 11.5. The van der Waals surface area contributed by atoms with Crippen molar-refractivity contribution < 1.29 is 0 Å². The predicted molar refractivity (Wildman–Crippen MR) is 69.0 cm³/mol. The van der Waals surface area contributed by atoms with Crippen LogP contribution in [0.25, 0.3) is 0 Å². The molecule has 2 aromatic rings. The third kappa shape index (κ3) is 2.49. The fraction of sp³-hybridized carbons (Fsp3) is 0.357. The zero-order valence-electron chi connectivity index (χ0n) is 9.84. The molecule has 0 radical (unpaired) electrons. The molecule has 1 aromatic carbocycles. The number of nitrogens with one attached hydrogen (secondary N) is 1. The standard InChI is InChI=1S/C14H17N3/c1-3-12(10-17-8-7-15-11-17)9-14(6-1)16-13-4-2-5-13/h1,3,6-9,11,13,16H,2,4-5,10H2. The van der Waals surface area contributed by atoms with Gasteiger partial charge in [-0.3, -0.25) is 0 Å². The summed E-state index contributed by atoms with van der Waals surface area (Å²) in [5.74, 6) is 0. The Morgan fingerprint density at radius 1 is 1.35 bits per heavy atom. The maximum absolute atomic E-state index is 4.06. The first-order chi connectivity index (χ1) is 8.40. The number of imidazole rings is 1. The van der Waals surface area contributed by atoms with Gasteiger partial charge in [0.15, 0.2) is 0 Å². The van der Waals surface area contributed by atoms with Crippen molar-refractivity contribution in [2.24, 2.45) is 0 Å². The molecule has 1 saturated carbocycles. The molecule has 88 valence electrons. The molecule has 0 bridgehead atoms. The summed E-state index contributed by atoms with van der Waals surface area (Å²) in [7, 11) is 0. The molecule has 3 heteroatoms. The van der Waals surface area contributed by atoms with Gasteiger partial charge in [-0.15, -0.1) is 0 Å². The van der Waals surface area contributed by atoms with E-state index in [1.807, 2.05) is 18.7 Å². The molecular formula is C14H17N3. The summed E-state index contributed by atoms with van der Waals surface area (Å²) in [4.78, 5) is 4.06. The lowest BCUT2D eigenvalue weighted by atomic mass is 9.93. The van der Waals surface area contributed by atoms with Crippen molar-refractivity contribution in [2.45, 2.75) is 31.8 Å². The average Bonchev–Trinajstić information content (AvgIpc) is 2.77. The molecule has 0 spiro atoms. The first-order valence-electron chi connectivity index (χ1n) is 6.21. The van der Waals surface area contributed by atoms with Crippen LogP contribution in [0.5, 0.6) is 0 Å². The van der Waals surface area contributed by atoms with Gasteiger partial charge in [0.05, 0.1) is 6.33 Å². The number of hydrogen-bond donors (Lipinski definition) is 1. The minimum absolute atomic E-state index is 0.693. The van der Waals surface area contributed by atoms with Gasteiger partial charge in [0, 0.05) is 30.7 Å². The van der Waals surface area contributed by atoms with Crippen LogP contribution in [-0.2, 0) is 6.54 Å². The summed E-state index contributed by atoms with van der Waals surface area (Å²) in [6, 6.07) is 9.35. The highest BCUT2D eigenvalue weighted by molar-refractivity contribution is 5.46. The van der Waals surface area contributed by atoms with Crippen LogP contribution in [0.2, 0.25) is 0 Å². The summed E-state index contributed by atoms with van der Waals surface area (Å²) in [6.45, 7) is 0.889. The van der Waals surface area contributed by atoms with Gasteiger partial charge in [-0.1, -0.05) is 12.1 Å². The Labute approximate surface area is 101 Å². The second-order valence-corrected chi connectivity index (χ2v) is 4.71. The lowest BCUT2D eigenvalue weighted by Gasteiger charge is -2.27. The van der Waals surface area contributed by atoms with Crippen molar-refractivity contribution in [1.29, 1.82) is 0 Å². The summed E-state index contributed by atoms with van der Waals surface area (Å²) >= 11 is 0. The summed E-state index contributed by atoms with van der Waals surface area (Å²) in [5, 5.41) is 3.57. The van der Waals surface area contributed by atoms with Crippen molar-refractivity contribution >= 4 is 5.69 Å².